The second kappa shape index (κ2) is 7.79. The molecule has 0 saturated carbocycles. The Morgan fingerprint density at radius 1 is 0.939 bits per heavy atom. The smallest absolute Gasteiger partial charge is 0.335 e. The van der Waals surface area contributed by atoms with E-state index in [0.29, 0.717) is 16.3 Å². The van der Waals surface area contributed by atoms with Crippen LogP contribution in [0.3, 0.4) is 0 Å². The van der Waals surface area contributed by atoms with Crippen LogP contribution < -0.4 is 9.90 Å². The summed E-state index contributed by atoms with van der Waals surface area (Å²) in [6.45, 7) is 1.98. The molecule has 0 radical (unpaired) electrons. The summed E-state index contributed by atoms with van der Waals surface area (Å²) >= 11 is 6.25. The van der Waals surface area contributed by atoms with Crippen molar-refractivity contribution >= 4 is 23.3 Å². The molecular formula is C25H19ClN2O5. The monoisotopic (exact) mass is 462 g/mol. The van der Waals surface area contributed by atoms with Gasteiger partial charge in [0.1, 0.15) is 6.04 Å². The molecule has 2 heterocycles. The predicted octanol–water partition coefficient (Wildman–Crippen LogP) is 5.45. The van der Waals surface area contributed by atoms with Crippen molar-refractivity contribution in [2.75, 3.05) is 5.06 Å². The van der Waals surface area contributed by atoms with Crippen molar-refractivity contribution in [2.24, 2.45) is 0 Å². The number of hydrogen-bond acceptors (Lipinski definition) is 5. The Labute approximate surface area is 194 Å². The molecule has 0 aliphatic carbocycles. The second-order valence-electron chi connectivity index (χ2n) is 7.79. The fourth-order valence-electron chi connectivity index (χ4n) is 4.02. The lowest BCUT2D eigenvalue weighted by Gasteiger charge is -2.26. The Kier molecular flexibility index (Phi) is 4.91. The molecule has 1 aliphatic rings. The van der Waals surface area contributed by atoms with Gasteiger partial charge in [0.05, 0.1) is 22.5 Å². The number of hydrogen-bond donors (Lipinski definition) is 3. The zero-order valence-corrected chi connectivity index (χ0v) is 18.2. The van der Waals surface area contributed by atoms with Gasteiger partial charge in [0.25, 0.3) is 0 Å². The molecule has 0 spiro atoms. The zero-order chi connectivity index (χ0) is 23.3. The minimum Gasteiger partial charge on any atom is -0.494 e. The van der Waals surface area contributed by atoms with Crippen LogP contribution in [0.15, 0.2) is 72.8 Å². The van der Waals surface area contributed by atoms with Crippen molar-refractivity contribution < 1.29 is 25.0 Å². The zero-order valence-electron chi connectivity index (χ0n) is 17.4. The summed E-state index contributed by atoms with van der Waals surface area (Å²) in [5.74, 6) is -1.47. The summed E-state index contributed by atoms with van der Waals surface area (Å²) in [7, 11) is 0. The minimum atomic E-state index is -1.07. The van der Waals surface area contributed by atoms with Crippen LogP contribution in [0.1, 0.15) is 33.1 Å². The van der Waals surface area contributed by atoms with Crippen molar-refractivity contribution in [1.29, 1.82) is 0 Å². The molecular weight excluding hydrogens is 444 g/mol. The SMILES string of the molecule is Cc1ccc(N2Oc3c(c(O)n(-c4ccc(C(=O)O)cc4)c3O)[C@@H]2c2cccc(Cl)c2)cc1. The molecule has 3 aromatic carbocycles. The summed E-state index contributed by atoms with van der Waals surface area (Å²) in [5, 5.41) is 33.5. The number of aromatic carboxylic acids is 1. The standard InChI is InChI=1S/C25H19ClN2O5/c1-14-5-9-19(10-6-14)28-21(16-3-2-4-17(26)13-16)20-22(33-28)24(30)27(23(20)29)18-11-7-15(8-12-18)25(31)32/h2-13,21,29-30H,1H3,(H,31,32)/t21-/m0/s1. The van der Waals surface area contributed by atoms with Gasteiger partial charge in [0, 0.05) is 5.02 Å². The van der Waals surface area contributed by atoms with Crippen LogP contribution in [0.4, 0.5) is 5.69 Å². The molecule has 3 N–H and O–H groups in total. The van der Waals surface area contributed by atoms with Crippen LogP contribution in [0.2, 0.25) is 5.02 Å². The van der Waals surface area contributed by atoms with E-state index in [4.69, 9.17) is 21.5 Å². The Hall–Kier alpha value is -4.10. The van der Waals surface area contributed by atoms with E-state index in [1.807, 2.05) is 43.3 Å². The third-order valence-electron chi connectivity index (χ3n) is 5.64. The molecule has 1 aromatic heterocycles. The van der Waals surface area contributed by atoms with Crippen molar-refractivity contribution in [3.05, 3.63) is 100 Å². The lowest BCUT2D eigenvalue weighted by atomic mass is 10.00. The lowest BCUT2D eigenvalue weighted by Crippen LogP contribution is -2.27. The first-order valence-corrected chi connectivity index (χ1v) is 10.5. The fourth-order valence-corrected chi connectivity index (χ4v) is 4.22. The van der Waals surface area contributed by atoms with Gasteiger partial charge in [-0.15, -0.1) is 0 Å². The van der Waals surface area contributed by atoms with Gasteiger partial charge >= 0.3 is 5.97 Å². The minimum absolute atomic E-state index is 0.0935. The Morgan fingerprint density at radius 3 is 2.24 bits per heavy atom. The highest BCUT2D eigenvalue weighted by molar-refractivity contribution is 6.30. The van der Waals surface area contributed by atoms with E-state index in [1.165, 1.54) is 28.8 Å². The van der Waals surface area contributed by atoms with Crippen LogP contribution in [0.25, 0.3) is 5.69 Å². The van der Waals surface area contributed by atoms with E-state index in [-0.39, 0.29) is 23.1 Å². The summed E-state index contributed by atoms with van der Waals surface area (Å²) in [6.07, 6.45) is 0. The third-order valence-corrected chi connectivity index (χ3v) is 5.87. The van der Waals surface area contributed by atoms with E-state index < -0.39 is 12.0 Å². The molecule has 33 heavy (non-hydrogen) atoms. The van der Waals surface area contributed by atoms with Crippen molar-refractivity contribution in [1.82, 2.24) is 4.57 Å². The molecule has 0 unspecified atom stereocenters. The Balaban J connectivity index is 1.67. The molecule has 5 rings (SSSR count). The number of nitrogens with zero attached hydrogens (tertiary/aromatic N) is 2. The van der Waals surface area contributed by atoms with Gasteiger partial charge in [-0.2, -0.15) is 5.06 Å². The number of benzene rings is 3. The van der Waals surface area contributed by atoms with E-state index in [1.54, 1.807) is 17.2 Å². The van der Waals surface area contributed by atoms with E-state index in [9.17, 15) is 15.0 Å². The van der Waals surface area contributed by atoms with Gasteiger partial charge in [-0.05, 0) is 61.0 Å². The number of carboxylic acids is 1. The first-order chi connectivity index (χ1) is 15.8. The van der Waals surface area contributed by atoms with Gasteiger partial charge in [-0.3, -0.25) is 0 Å². The maximum atomic E-state index is 11.2. The van der Waals surface area contributed by atoms with E-state index in [0.717, 1.165) is 16.8 Å². The quantitative estimate of drug-likeness (QED) is 0.373. The van der Waals surface area contributed by atoms with Crippen molar-refractivity contribution in [3.63, 3.8) is 0 Å². The van der Waals surface area contributed by atoms with Gasteiger partial charge in [0.15, 0.2) is 0 Å². The number of carboxylic acid groups (broad SMARTS) is 1. The van der Waals surface area contributed by atoms with Crippen LogP contribution in [-0.4, -0.2) is 25.9 Å². The molecule has 0 saturated heterocycles. The first kappa shape index (κ1) is 20.8. The van der Waals surface area contributed by atoms with Gasteiger partial charge in [-0.1, -0.05) is 41.4 Å². The molecule has 0 amide bonds. The molecule has 4 aromatic rings. The Morgan fingerprint density at radius 2 is 1.61 bits per heavy atom. The predicted molar refractivity (Wildman–Crippen MR) is 124 cm³/mol. The van der Waals surface area contributed by atoms with Gasteiger partial charge < -0.3 is 20.2 Å². The average Bonchev–Trinajstić information content (AvgIpc) is 3.30. The number of carbonyl (C=O) groups is 1. The highest BCUT2D eigenvalue weighted by Crippen LogP contribution is 2.55. The largest absolute Gasteiger partial charge is 0.494 e. The van der Waals surface area contributed by atoms with Crippen LogP contribution >= 0.6 is 11.6 Å². The fraction of sp³-hybridized carbons (Fsp3) is 0.0800. The molecule has 0 bridgehead atoms. The highest BCUT2D eigenvalue weighted by Gasteiger charge is 2.43. The second-order valence-corrected chi connectivity index (χ2v) is 8.22. The van der Waals surface area contributed by atoms with E-state index >= 15 is 0 Å². The number of rotatable bonds is 4. The number of fused-ring (bicyclic) bond motifs is 1. The number of halogens is 1. The maximum absolute atomic E-state index is 11.2. The molecule has 7 nitrogen and oxygen atoms in total. The average molecular weight is 463 g/mol. The molecule has 8 heteroatoms. The number of aryl methyl sites for hydroxylation is 1. The van der Waals surface area contributed by atoms with Crippen molar-refractivity contribution in [2.45, 2.75) is 13.0 Å². The molecule has 1 atom stereocenters. The van der Waals surface area contributed by atoms with Crippen molar-refractivity contribution in [3.8, 4) is 23.2 Å². The summed E-state index contributed by atoms with van der Waals surface area (Å²) < 4.78 is 1.22. The van der Waals surface area contributed by atoms with Crippen LogP contribution in [0, 0.1) is 6.92 Å². The molecule has 166 valence electrons. The molecule has 0 fully saturated rings. The van der Waals surface area contributed by atoms with Crippen LogP contribution in [-0.2, 0) is 0 Å². The summed E-state index contributed by atoms with van der Waals surface area (Å²) in [6, 6.07) is 20.1. The van der Waals surface area contributed by atoms with Gasteiger partial charge in [-0.25, -0.2) is 9.36 Å². The van der Waals surface area contributed by atoms with E-state index in [2.05, 4.69) is 0 Å². The number of hydroxylamine groups is 1. The number of aromatic nitrogens is 1. The topological polar surface area (TPSA) is 95.2 Å². The van der Waals surface area contributed by atoms with Gasteiger partial charge in [0.2, 0.25) is 17.5 Å². The first-order valence-electron chi connectivity index (χ1n) is 10.1. The normalized spacial score (nSPS) is 14.7. The maximum Gasteiger partial charge on any atom is 0.335 e. The third kappa shape index (κ3) is 3.43. The van der Waals surface area contributed by atoms with Crippen LogP contribution in [0.5, 0.6) is 17.5 Å². The number of aromatic hydroxyl groups is 2. The summed E-state index contributed by atoms with van der Waals surface area (Å²) in [4.78, 5) is 17.3. The molecule has 1 aliphatic heterocycles. The highest BCUT2D eigenvalue weighted by atomic mass is 35.5. The number of anilines is 1. The summed E-state index contributed by atoms with van der Waals surface area (Å²) in [5.41, 5.74) is 3.43. The lowest BCUT2D eigenvalue weighted by molar-refractivity contribution is 0.0697. The Bertz CT molecular complexity index is 1360.